The maximum Gasteiger partial charge on any atom is 0.121 e. The molecule has 0 unspecified atom stereocenters. The van der Waals surface area contributed by atoms with Crippen molar-refractivity contribution in [2.45, 2.75) is 66.0 Å². The number of aryl methyl sites for hydroxylation is 1. The molecule has 4 nitrogen and oxygen atoms in total. The largest absolute Gasteiger partial charge is 0.501 e. The van der Waals surface area contributed by atoms with Crippen LogP contribution in [-0.2, 0) is 20.1 Å². The summed E-state index contributed by atoms with van der Waals surface area (Å²) in [5, 5.41) is 7.95. The molecule has 0 aliphatic rings. The Morgan fingerprint density at radius 1 is 0.687 bits per heavy atom. The maximum atomic E-state index is 12.8. The zero-order valence-corrected chi connectivity index (χ0v) is 42.0. The fourth-order valence-electron chi connectivity index (χ4n) is 9.10. The third-order valence-electron chi connectivity index (χ3n) is 12.6. The summed E-state index contributed by atoms with van der Waals surface area (Å²) in [5.41, 5.74) is 10.7. The normalized spacial score (nSPS) is 12.7. The van der Waals surface area contributed by atoms with Crippen LogP contribution in [0.4, 0.5) is 4.39 Å². The molecule has 0 spiro atoms. The number of pyridine rings is 1. The Labute approximate surface area is 411 Å². The van der Waals surface area contributed by atoms with Crippen LogP contribution in [0.5, 0.6) is 0 Å². The van der Waals surface area contributed by atoms with Crippen molar-refractivity contribution in [3.63, 3.8) is 0 Å². The summed E-state index contributed by atoms with van der Waals surface area (Å²) in [6.07, 6.45) is 1.93. The summed E-state index contributed by atoms with van der Waals surface area (Å²) in [4.78, 5) is 9.68. The molecule has 67 heavy (non-hydrogen) atoms. The Morgan fingerprint density at radius 2 is 1.43 bits per heavy atom. The fourth-order valence-corrected chi connectivity index (χ4v) is 10.1. The van der Waals surface area contributed by atoms with Crippen LogP contribution < -0.4 is 5.19 Å². The van der Waals surface area contributed by atoms with Crippen LogP contribution >= 0.6 is 0 Å². The Morgan fingerprint density at radius 3 is 2.12 bits per heavy atom. The van der Waals surface area contributed by atoms with Crippen molar-refractivity contribution in [1.29, 1.82) is 0 Å². The molecule has 3 aromatic heterocycles. The number of para-hydroxylation sites is 1. The molecule has 0 fully saturated rings. The second-order valence-corrected chi connectivity index (χ2v) is 23.9. The van der Waals surface area contributed by atoms with Crippen molar-refractivity contribution < 1.29 is 33.0 Å². The van der Waals surface area contributed by atoms with Gasteiger partial charge in [-0.1, -0.05) is 149 Å². The molecule has 0 bridgehead atoms. The van der Waals surface area contributed by atoms with Gasteiger partial charge in [-0.05, 0) is 109 Å². The van der Waals surface area contributed by atoms with Crippen molar-refractivity contribution in [3.8, 4) is 39.5 Å². The zero-order chi connectivity index (χ0) is 48.4. The number of aromatic nitrogens is 3. The van der Waals surface area contributed by atoms with Gasteiger partial charge in [0.2, 0.25) is 0 Å². The van der Waals surface area contributed by atoms with Crippen LogP contribution in [0.3, 0.4) is 0 Å². The first-order valence-corrected chi connectivity index (χ1v) is 26.1. The van der Waals surface area contributed by atoms with E-state index in [-0.39, 0.29) is 43.3 Å². The van der Waals surface area contributed by atoms with E-state index in [1.54, 1.807) is 18.2 Å². The quantitative estimate of drug-likeness (QED) is 0.0907. The van der Waals surface area contributed by atoms with Crippen LogP contribution in [0.1, 0.15) is 60.3 Å². The number of fused-ring (bicyclic) bond motifs is 7. The SMILES string of the molecule is C[Si](C)(C)c1ccc(-c2[c-]cc(F)cc2)nc1.[2H]C([2H])([2H])c1cccc2nc(-c3[c-]ccc4c3oc3cc5ccc6ccccc6c5cc34)n(-c3c(C(C)C)cc(-c4ccccc4)cc3C(C)C)c12.[Ir]. The van der Waals surface area contributed by atoms with Gasteiger partial charge in [-0.2, -0.15) is 0 Å². The molecule has 335 valence electrons. The molecule has 8 aromatic carbocycles. The van der Waals surface area contributed by atoms with E-state index in [4.69, 9.17) is 13.5 Å². The van der Waals surface area contributed by atoms with E-state index in [2.05, 4.69) is 166 Å². The Kier molecular flexibility index (Phi) is 11.4. The van der Waals surface area contributed by atoms with Crippen molar-refractivity contribution >= 4 is 67.8 Å². The molecule has 0 aliphatic carbocycles. The molecular formula is C60H52FIrN3OSi-2. The van der Waals surface area contributed by atoms with E-state index in [0.29, 0.717) is 28.0 Å². The van der Waals surface area contributed by atoms with Crippen LogP contribution in [0.25, 0.3) is 94.0 Å². The van der Waals surface area contributed by atoms with E-state index in [9.17, 15) is 4.39 Å². The van der Waals surface area contributed by atoms with Crippen LogP contribution in [0, 0.1) is 24.8 Å². The van der Waals surface area contributed by atoms with Gasteiger partial charge in [0.15, 0.2) is 0 Å². The Balaban J connectivity index is 0.000000286. The predicted molar refractivity (Wildman–Crippen MR) is 277 cm³/mol. The van der Waals surface area contributed by atoms with Crippen molar-refractivity contribution in [3.05, 3.63) is 192 Å². The molecule has 11 aromatic rings. The summed E-state index contributed by atoms with van der Waals surface area (Å²) < 4.78 is 47.6. The molecule has 0 N–H and O–H groups in total. The first kappa shape index (κ1) is 41.9. The van der Waals surface area contributed by atoms with Gasteiger partial charge in [-0.15, -0.1) is 48.0 Å². The van der Waals surface area contributed by atoms with Crippen molar-refractivity contribution in [2.75, 3.05) is 0 Å². The van der Waals surface area contributed by atoms with E-state index in [1.807, 2.05) is 30.5 Å². The summed E-state index contributed by atoms with van der Waals surface area (Å²) in [7, 11) is -1.30. The molecule has 0 aliphatic heterocycles. The van der Waals surface area contributed by atoms with Gasteiger partial charge in [0.25, 0.3) is 0 Å². The molecule has 0 saturated carbocycles. The van der Waals surface area contributed by atoms with E-state index < -0.39 is 14.9 Å². The standard InChI is InChI=1S/C46H37N2O.C14H15FNSi.Ir/c1-27(2)37-23-33(30-14-7-6-8-15-30)24-38(28(3)4)44(37)48-43-29(5)13-11-20-41(43)47-46(48)36-19-12-18-35-40-26-39-32(25-42(40)49-45(35)36)22-21-31-16-9-10-17-34(31)39;1-17(2,3)13-8-9-14(16-10-13)11-4-6-12(15)7-5-11;/h6-18,20-28H,1-5H3;4,6-10H,1-3H3;/q2*-1;/i5D3;;. The third kappa shape index (κ3) is 8.57. The third-order valence-corrected chi connectivity index (χ3v) is 14.6. The van der Waals surface area contributed by atoms with Gasteiger partial charge in [-0.3, -0.25) is 9.37 Å². The topological polar surface area (TPSA) is 43.9 Å². The molecule has 11 rings (SSSR count). The first-order chi connectivity index (χ1) is 33.0. The summed E-state index contributed by atoms with van der Waals surface area (Å²) in [6.45, 7) is 13.3. The van der Waals surface area contributed by atoms with E-state index in [1.165, 1.54) is 33.5 Å². The second kappa shape index (κ2) is 18.3. The number of hydrogen-bond donors (Lipinski definition) is 0. The summed E-state index contributed by atoms with van der Waals surface area (Å²) in [6, 6.07) is 56.4. The minimum absolute atomic E-state index is 0. The minimum atomic E-state index is -2.37. The Hall–Kier alpha value is -6.50. The summed E-state index contributed by atoms with van der Waals surface area (Å²) >= 11 is 0. The van der Waals surface area contributed by atoms with Crippen LogP contribution in [0.2, 0.25) is 19.6 Å². The average molecular weight is 1070 g/mol. The molecular weight excluding hydrogens is 1020 g/mol. The molecule has 1 radical (unpaired) electrons. The fraction of sp³-hybridized carbons (Fsp3) is 0.167. The number of hydrogen-bond acceptors (Lipinski definition) is 3. The smallest absolute Gasteiger partial charge is 0.121 e. The molecule has 3 heterocycles. The maximum absolute atomic E-state index is 12.8. The van der Waals surface area contributed by atoms with Gasteiger partial charge in [-0.25, -0.2) is 0 Å². The van der Waals surface area contributed by atoms with Gasteiger partial charge >= 0.3 is 0 Å². The average Bonchev–Trinajstić information content (AvgIpc) is 3.91. The first-order valence-electron chi connectivity index (χ1n) is 24.1. The van der Waals surface area contributed by atoms with Gasteiger partial charge in [0.1, 0.15) is 5.58 Å². The zero-order valence-electron chi connectivity index (χ0n) is 41.6. The van der Waals surface area contributed by atoms with Gasteiger partial charge in [0, 0.05) is 47.3 Å². The van der Waals surface area contributed by atoms with Gasteiger partial charge < -0.3 is 14.0 Å². The minimum Gasteiger partial charge on any atom is -0.501 e. The van der Waals surface area contributed by atoms with E-state index in [0.717, 1.165) is 60.9 Å². The van der Waals surface area contributed by atoms with Crippen molar-refractivity contribution in [2.24, 2.45) is 0 Å². The molecule has 0 saturated heterocycles. The number of benzene rings is 8. The second-order valence-electron chi connectivity index (χ2n) is 18.8. The Bertz CT molecular complexity index is 3680. The number of rotatable bonds is 7. The monoisotopic (exact) mass is 1070 g/mol. The predicted octanol–water partition coefficient (Wildman–Crippen LogP) is 16.2. The number of furan rings is 1. The number of nitrogens with zero attached hydrogens (tertiary/aromatic N) is 3. The van der Waals surface area contributed by atoms with Crippen molar-refractivity contribution in [1.82, 2.24) is 14.5 Å². The number of halogens is 1. The molecule has 0 atom stereocenters. The number of imidazole rings is 1. The summed E-state index contributed by atoms with van der Waals surface area (Å²) in [5.74, 6) is 0.569. The van der Waals surface area contributed by atoms with E-state index >= 15 is 0 Å². The van der Waals surface area contributed by atoms with Crippen LogP contribution in [0.15, 0.2) is 162 Å². The van der Waals surface area contributed by atoms with Crippen LogP contribution in [-0.4, -0.2) is 22.6 Å². The van der Waals surface area contributed by atoms with Gasteiger partial charge in [0.05, 0.1) is 30.5 Å². The molecule has 0 amide bonds. The molecule has 7 heteroatoms.